The number of ether oxygens (including phenoxy) is 1. The van der Waals surface area contributed by atoms with Crippen LogP contribution in [0.1, 0.15) is 48.4 Å². The number of rotatable bonds is 4. The van der Waals surface area contributed by atoms with Gasteiger partial charge in [0.05, 0.1) is 23.7 Å². The van der Waals surface area contributed by atoms with Crippen molar-refractivity contribution < 1.29 is 4.74 Å². The molecule has 1 spiro atoms. The lowest BCUT2D eigenvalue weighted by molar-refractivity contribution is 0.0253. The highest BCUT2D eigenvalue weighted by Crippen LogP contribution is 2.51. The number of aromatic amines is 1. The molecular formula is C32H38N8O. The summed E-state index contributed by atoms with van der Waals surface area (Å²) in [6, 6.07) is 16.0. The van der Waals surface area contributed by atoms with E-state index in [1.165, 1.54) is 28.1 Å². The molecule has 2 aliphatic carbocycles. The number of anilines is 4. The molecule has 2 fully saturated rings. The van der Waals surface area contributed by atoms with E-state index < -0.39 is 0 Å². The molecule has 2 aliphatic heterocycles. The summed E-state index contributed by atoms with van der Waals surface area (Å²) in [5.41, 5.74) is 15.0. The van der Waals surface area contributed by atoms with Gasteiger partial charge in [-0.3, -0.25) is 5.10 Å². The summed E-state index contributed by atoms with van der Waals surface area (Å²) in [5.74, 6) is 1.75. The summed E-state index contributed by atoms with van der Waals surface area (Å²) >= 11 is 0. The molecule has 1 saturated carbocycles. The third kappa shape index (κ3) is 3.93. The Hall–Kier alpha value is -3.69. The van der Waals surface area contributed by atoms with Crippen LogP contribution in [-0.2, 0) is 11.2 Å². The molecule has 0 bridgehead atoms. The lowest BCUT2D eigenvalue weighted by Gasteiger charge is -2.47. The standard InChI is InChI=1S/C32H38N8O/c1-20-7-8-25-26(15-20)39(22-16-23(17-22)41-2)13-14-40(25)31-28-30(36-37-31)35-27(19-34-28)38-11-9-32(10-12-38)18-21-5-3-4-6-24(21)29(32)33/h3-8,15,19,22-23,29H,9-14,16-18,33H2,1-2H3,(H,35,36,37)/t22-,23+,29?. The van der Waals surface area contributed by atoms with Crippen LogP contribution in [0.3, 0.4) is 0 Å². The predicted molar refractivity (Wildman–Crippen MR) is 162 cm³/mol. The maximum atomic E-state index is 6.81. The van der Waals surface area contributed by atoms with Crippen LogP contribution in [0, 0.1) is 12.3 Å². The van der Waals surface area contributed by atoms with Gasteiger partial charge in [-0.1, -0.05) is 30.3 Å². The van der Waals surface area contributed by atoms with Crippen LogP contribution in [0.4, 0.5) is 23.0 Å². The molecular weight excluding hydrogens is 512 g/mol. The van der Waals surface area contributed by atoms with Gasteiger partial charge in [0.25, 0.3) is 0 Å². The minimum atomic E-state index is 0.113. The smallest absolute Gasteiger partial charge is 0.183 e. The summed E-state index contributed by atoms with van der Waals surface area (Å²) in [4.78, 5) is 17.1. The number of fused-ring (bicyclic) bond motifs is 3. The van der Waals surface area contributed by atoms with Gasteiger partial charge in [0.15, 0.2) is 17.0 Å². The SMILES string of the molecule is CO[C@H]1C[C@@H](N2CCN(c3n[nH]c4nc(N5CCC6(CC5)Cc5ccccc5C6N)cnc34)c3ccc(C)cc32)C1. The van der Waals surface area contributed by atoms with Crippen molar-refractivity contribution >= 4 is 34.2 Å². The molecule has 9 nitrogen and oxygen atoms in total. The highest BCUT2D eigenvalue weighted by atomic mass is 16.5. The number of nitrogens with one attached hydrogen (secondary N) is 1. The molecule has 3 N–H and O–H groups in total. The Morgan fingerprint density at radius 2 is 1.85 bits per heavy atom. The third-order valence-electron chi connectivity index (χ3n) is 10.3. The van der Waals surface area contributed by atoms with Crippen molar-refractivity contribution in [2.24, 2.45) is 11.1 Å². The van der Waals surface area contributed by atoms with Crippen LogP contribution >= 0.6 is 0 Å². The molecule has 1 atom stereocenters. The van der Waals surface area contributed by atoms with Crippen molar-refractivity contribution in [1.82, 2.24) is 20.2 Å². The number of aromatic nitrogens is 4. The van der Waals surface area contributed by atoms with Crippen LogP contribution in [0.2, 0.25) is 0 Å². The molecule has 212 valence electrons. The number of aryl methyl sites for hydroxylation is 1. The maximum absolute atomic E-state index is 6.81. The van der Waals surface area contributed by atoms with Crippen LogP contribution in [0.25, 0.3) is 11.2 Å². The zero-order valence-corrected chi connectivity index (χ0v) is 23.9. The van der Waals surface area contributed by atoms with Crippen LogP contribution in [0.15, 0.2) is 48.7 Å². The van der Waals surface area contributed by atoms with Gasteiger partial charge in [-0.05, 0) is 73.3 Å². The number of H-pyrrole nitrogens is 1. The Morgan fingerprint density at radius 3 is 2.66 bits per heavy atom. The van der Waals surface area contributed by atoms with Gasteiger partial charge in [-0.2, -0.15) is 5.10 Å². The molecule has 8 rings (SSSR count). The van der Waals surface area contributed by atoms with Gasteiger partial charge in [0.2, 0.25) is 0 Å². The second kappa shape index (κ2) is 9.42. The Labute approximate surface area is 240 Å². The van der Waals surface area contributed by atoms with Crippen molar-refractivity contribution in [3.05, 3.63) is 65.4 Å². The van der Waals surface area contributed by atoms with Gasteiger partial charge in [0, 0.05) is 45.4 Å². The third-order valence-corrected chi connectivity index (χ3v) is 10.3. The summed E-state index contributed by atoms with van der Waals surface area (Å²) in [5, 5.41) is 7.95. The Bertz CT molecular complexity index is 1600. The molecule has 4 aliphatic rings. The molecule has 2 aromatic carbocycles. The second-order valence-electron chi connectivity index (χ2n) is 12.5. The first-order valence-corrected chi connectivity index (χ1v) is 15.0. The monoisotopic (exact) mass is 550 g/mol. The Kier molecular flexibility index (Phi) is 5.76. The topological polar surface area (TPSA) is 99.4 Å². The molecule has 9 heteroatoms. The number of nitrogens with zero attached hydrogens (tertiary/aromatic N) is 6. The normalized spacial score (nSPS) is 25.0. The average Bonchev–Trinajstić information content (AvgIpc) is 3.51. The molecule has 1 saturated heterocycles. The van der Waals surface area contributed by atoms with E-state index in [4.69, 9.17) is 25.5 Å². The van der Waals surface area contributed by atoms with Crippen molar-refractivity contribution in [3.63, 3.8) is 0 Å². The van der Waals surface area contributed by atoms with Crippen LogP contribution < -0.4 is 20.4 Å². The fourth-order valence-electron chi connectivity index (χ4n) is 7.73. The molecule has 0 amide bonds. The number of benzene rings is 2. The second-order valence-corrected chi connectivity index (χ2v) is 12.5. The lowest BCUT2D eigenvalue weighted by Crippen LogP contribution is -2.52. The number of piperidine rings is 1. The number of nitrogens with two attached hydrogens (primary N) is 1. The van der Waals surface area contributed by atoms with Crippen molar-refractivity contribution in [1.29, 1.82) is 0 Å². The van der Waals surface area contributed by atoms with Crippen LogP contribution in [0.5, 0.6) is 0 Å². The summed E-state index contributed by atoms with van der Waals surface area (Å²) in [6.45, 7) is 5.82. The first kappa shape index (κ1) is 25.1. The minimum Gasteiger partial charge on any atom is -0.381 e. The minimum absolute atomic E-state index is 0.113. The van der Waals surface area contributed by atoms with E-state index in [0.29, 0.717) is 12.1 Å². The summed E-state index contributed by atoms with van der Waals surface area (Å²) in [6.07, 6.45) is 7.66. The molecule has 2 aromatic heterocycles. The molecule has 4 aromatic rings. The van der Waals surface area contributed by atoms with E-state index in [9.17, 15) is 0 Å². The number of hydrogen-bond donors (Lipinski definition) is 2. The largest absolute Gasteiger partial charge is 0.381 e. The fourth-order valence-corrected chi connectivity index (χ4v) is 7.73. The highest BCUT2D eigenvalue weighted by molar-refractivity contribution is 5.90. The fraction of sp³-hybridized carbons (Fsp3) is 0.469. The summed E-state index contributed by atoms with van der Waals surface area (Å²) in [7, 11) is 1.82. The molecule has 4 heterocycles. The molecule has 1 unspecified atom stereocenters. The first-order chi connectivity index (χ1) is 20.0. The molecule has 0 radical (unpaired) electrons. The maximum Gasteiger partial charge on any atom is 0.183 e. The lowest BCUT2D eigenvalue weighted by atomic mass is 9.73. The number of methoxy groups -OCH3 is 1. The van der Waals surface area contributed by atoms with Crippen molar-refractivity contribution in [2.75, 3.05) is 48.0 Å². The van der Waals surface area contributed by atoms with E-state index in [0.717, 1.165) is 81.1 Å². The zero-order chi connectivity index (χ0) is 27.7. The predicted octanol–water partition coefficient (Wildman–Crippen LogP) is 4.64. The first-order valence-electron chi connectivity index (χ1n) is 15.0. The average molecular weight is 551 g/mol. The van der Waals surface area contributed by atoms with E-state index in [1.54, 1.807) is 0 Å². The number of hydrogen-bond acceptors (Lipinski definition) is 8. The van der Waals surface area contributed by atoms with Crippen LogP contribution in [-0.4, -0.2) is 65.6 Å². The van der Waals surface area contributed by atoms with Gasteiger partial charge in [-0.15, -0.1) is 0 Å². The van der Waals surface area contributed by atoms with Gasteiger partial charge < -0.3 is 25.2 Å². The zero-order valence-electron chi connectivity index (χ0n) is 23.9. The van der Waals surface area contributed by atoms with E-state index in [2.05, 4.69) is 69.2 Å². The Balaban J connectivity index is 1.03. The van der Waals surface area contributed by atoms with E-state index >= 15 is 0 Å². The quantitative estimate of drug-likeness (QED) is 0.379. The van der Waals surface area contributed by atoms with E-state index in [1.807, 2.05) is 13.3 Å². The van der Waals surface area contributed by atoms with Gasteiger partial charge >= 0.3 is 0 Å². The van der Waals surface area contributed by atoms with Gasteiger partial charge in [-0.25, -0.2) is 9.97 Å². The van der Waals surface area contributed by atoms with Gasteiger partial charge in [0.1, 0.15) is 5.82 Å². The summed E-state index contributed by atoms with van der Waals surface area (Å²) < 4.78 is 5.57. The molecule has 41 heavy (non-hydrogen) atoms. The highest BCUT2D eigenvalue weighted by Gasteiger charge is 2.46. The van der Waals surface area contributed by atoms with Crippen molar-refractivity contribution in [3.8, 4) is 0 Å². The Morgan fingerprint density at radius 1 is 1.02 bits per heavy atom. The van der Waals surface area contributed by atoms with Crippen molar-refractivity contribution in [2.45, 2.75) is 57.2 Å². The van der Waals surface area contributed by atoms with E-state index in [-0.39, 0.29) is 11.5 Å².